The van der Waals surface area contributed by atoms with Crippen LogP contribution >= 0.6 is 11.3 Å². The first kappa shape index (κ1) is 10.1. The molecule has 1 aromatic rings. The molecule has 1 saturated carbocycles. The van der Waals surface area contributed by atoms with Crippen LogP contribution in [-0.2, 0) is 5.41 Å². The first-order valence-electron chi connectivity index (χ1n) is 4.78. The van der Waals surface area contributed by atoms with E-state index in [1.54, 1.807) is 0 Å². The fourth-order valence-corrected chi connectivity index (χ4v) is 2.95. The summed E-state index contributed by atoms with van der Waals surface area (Å²) in [6.45, 7) is 0. The van der Waals surface area contributed by atoms with Crippen LogP contribution in [0.15, 0.2) is 5.38 Å². The number of carboxylic acid groups (broad SMARTS) is 1. The Balaban J connectivity index is 2.36. The van der Waals surface area contributed by atoms with Crippen LogP contribution in [0.25, 0.3) is 0 Å². The zero-order valence-electron chi connectivity index (χ0n) is 8.06. The van der Waals surface area contributed by atoms with Crippen LogP contribution in [0.5, 0.6) is 0 Å². The molecule has 78 valence electrons. The highest BCUT2D eigenvalue weighted by molar-refractivity contribution is 7.10. The van der Waals surface area contributed by atoms with Gasteiger partial charge in [-0.1, -0.05) is 12.8 Å². The SMILES string of the molecule is N#CC1(c2nc(C(=O)O)cs2)CCCC1. The molecule has 0 aromatic carbocycles. The fraction of sp³-hybridized carbons (Fsp3) is 0.500. The number of rotatable bonds is 2. The van der Waals surface area contributed by atoms with Gasteiger partial charge in [0.15, 0.2) is 5.69 Å². The van der Waals surface area contributed by atoms with E-state index in [-0.39, 0.29) is 5.69 Å². The highest BCUT2D eigenvalue weighted by Gasteiger charge is 2.38. The van der Waals surface area contributed by atoms with Crippen molar-refractivity contribution in [3.63, 3.8) is 0 Å². The normalized spacial score (nSPS) is 18.6. The van der Waals surface area contributed by atoms with Crippen molar-refractivity contribution in [1.82, 2.24) is 4.98 Å². The van der Waals surface area contributed by atoms with Crippen molar-refractivity contribution in [3.8, 4) is 6.07 Å². The minimum Gasteiger partial charge on any atom is -0.476 e. The van der Waals surface area contributed by atoms with Gasteiger partial charge in [0.1, 0.15) is 10.4 Å². The van der Waals surface area contributed by atoms with E-state index in [9.17, 15) is 10.1 Å². The predicted molar refractivity (Wildman–Crippen MR) is 54.8 cm³/mol. The average Bonchev–Trinajstić information content (AvgIpc) is 2.87. The zero-order valence-corrected chi connectivity index (χ0v) is 8.88. The van der Waals surface area contributed by atoms with Gasteiger partial charge in [-0.05, 0) is 12.8 Å². The summed E-state index contributed by atoms with van der Waals surface area (Å²) in [5, 5.41) is 20.1. The van der Waals surface area contributed by atoms with Crippen molar-refractivity contribution in [3.05, 3.63) is 16.1 Å². The number of thiazole rings is 1. The third kappa shape index (κ3) is 1.61. The largest absolute Gasteiger partial charge is 0.476 e. The molecule has 15 heavy (non-hydrogen) atoms. The van der Waals surface area contributed by atoms with Crippen molar-refractivity contribution >= 4 is 17.3 Å². The molecule has 1 aliphatic rings. The molecule has 4 nitrogen and oxygen atoms in total. The maximum Gasteiger partial charge on any atom is 0.355 e. The lowest BCUT2D eigenvalue weighted by atomic mass is 9.89. The quantitative estimate of drug-likeness (QED) is 0.832. The third-order valence-electron chi connectivity index (χ3n) is 2.80. The lowest BCUT2D eigenvalue weighted by molar-refractivity contribution is 0.0691. The molecule has 1 aliphatic carbocycles. The van der Waals surface area contributed by atoms with Crippen LogP contribution in [0.2, 0.25) is 0 Å². The molecule has 0 atom stereocenters. The topological polar surface area (TPSA) is 74.0 Å². The zero-order chi connectivity index (χ0) is 10.9. The van der Waals surface area contributed by atoms with E-state index in [2.05, 4.69) is 11.1 Å². The van der Waals surface area contributed by atoms with Crippen LogP contribution in [0.3, 0.4) is 0 Å². The summed E-state index contributed by atoms with van der Waals surface area (Å²) in [5.74, 6) is -1.02. The molecule has 1 N–H and O–H groups in total. The molecule has 1 aromatic heterocycles. The number of aromatic carboxylic acids is 1. The highest BCUT2D eigenvalue weighted by atomic mass is 32.1. The molecule has 5 heteroatoms. The lowest BCUT2D eigenvalue weighted by Crippen LogP contribution is -2.19. The molecule has 0 amide bonds. The van der Waals surface area contributed by atoms with Gasteiger partial charge in [0.05, 0.1) is 6.07 Å². The Morgan fingerprint density at radius 1 is 1.60 bits per heavy atom. The van der Waals surface area contributed by atoms with Crippen molar-refractivity contribution in [1.29, 1.82) is 5.26 Å². The van der Waals surface area contributed by atoms with Gasteiger partial charge in [-0.3, -0.25) is 0 Å². The summed E-state index contributed by atoms with van der Waals surface area (Å²) in [6.07, 6.45) is 3.65. The lowest BCUT2D eigenvalue weighted by Gasteiger charge is -2.15. The summed E-state index contributed by atoms with van der Waals surface area (Å²) in [6, 6.07) is 2.30. The van der Waals surface area contributed by atoms with E-state index in [1.165, 1.54) is 16.7 Å². The van der Waals surface area contributed by atoms with Gasteiger partial charge in [-0.15, -0.1) is 11.3 Å². The Morgan fingerprint density at radius 2 is 2.27 bits per heavy atom. The van der Waals surface area contributed by atoms with Crippen molar-refractivity contribution < 1.29 is 9.90 Å². The molecule has 0 radical (unpaired) electrons. The van der Waals surface area contributed by atoms with E-state index in [0.717, 1.165) is 25.7 Å². The second-order valence-corrected chi connectivity index (χ2v) is 4.60. The number of aromatic nitrogens is 1. The van der Waals surface area contributed by atoms with Gasteiger partial charge >= 0.3 is 5.97 Å². The number of hydrogen-bond donors (Lipinski definition) is 1. The molecule has 1 fully saturated rings. The van der Waals surface area contributed by atoms with Crippen LogP contribution in [0.4, 0.5) is 0 Å². The molecule has 0 aliphatic heterocycles. The fourth-order valence-electron chi connectivity index (χ4n) is 1.94. The Bertz CT molecular complexity index is 427. The van der Waals surface area contributed by atoms with E-state index in [4.69, 9.17) is 5.11 Å². The number of carboxylic acids is 1. The summed E-state index contributed by atoms with van der Waals surface area (Å²) >= 11 is 1.28. The van der Waals surface area contributed by atoms with E-state index in [0.29, 0.717) is 5.01 Å². The van der Waals surface area contributed by atoms with Crippen molar-refractivity contribution in [2.24, 2.45) is 0 Å². The van der Waals surface area contributed by atoms with Crippen LogP contribution in [0.1, 0.15) is 41.2 Å². The molecule has 2 rings (SSSR count). The van der Waals surface area contributed by atoms with E-state index >= 15 is 0 Å². The second-order valence-electron chi connectivity index (χ2n) is 3.74. The van der Waals surface area contributed by atoms with Gasteiger partial charge in [-0.25, -0.2) is 9.78 Å². The standard InChI is InChI=1S/C10H10N2O2S/c11-6-10(3-1-2-4-10)9-12-7(5-15-9)8(13)14/h5H,1-4H2,(H,13,14). The van der Waals surface area contributed by atoms with Gasteiger partial charge in [0.25, 0.3) is 0 Å². The monoisotopic (exact) mass is 222 g/mol. The molecular formula is C10H10N2O2S. The summed E-state index contributed by atoms with van der Waals surface area (Å²) < 4.78 is 0. The molecule has 0 bridgehead atoms. The Hall–Kier alpha value is -1.41. The highest BCUT2D eigenvalue weighted by Crippen LogP contribution is 2.41. The minimum absolute atomic E-state index is 0.0523. The summed E-state index contributed by atoms with van der Waals surface area (Å²) in [4.78, 5) is 14.7. The molecule has 0 spiro atoms. The maximum absolute atomic E-state index is 10.7. The predicted octanol–water partition coefficient (Wildman–Crippen LogP) is 2.18. The van der Waals surface area contributed by atoms with Crippen LogP contribution in [-0.4, -0.2) is 16.1 Å². The van der Waals surface area contributed by atoms with Gasteiger partial charge in [0.2, 0.25) is 0 Å². The van der Waals surface area contributed by atoms with Gasteiger partial charge in [0, 0.05) is 5.38 Å². The molecule has 1 heterocycles. The number of nitrogens with zero attached hydrogens (tertiary/aromatic N) is 2. The first-order valence-corrected chi connectivity index (χ1v) is 5.66. The van der Waals surface area contributed by atoms with Crippen LogP contribution < -0.4 is 0 Å². The molecule has 0 unspecified atom stereocenters. The smallest absolute Gasteiger partial charge is 0.355 e. The Morgan fingerprint density at radius 3 is 2.73 bits per heavy atom. The minimum atomic E-state index is -1.02. The van der Waals surface area contributed by atoms with Crippen LogP contribution in [0, 0.1) is 11.3 Å². The first-order chi connectivity index (χ1) is 7.18. The third-order valence-corrected chi connectivity index (χ3v) is 3.85. The number of hydrogen-bond acceptors (Lipinski definition) is 4. The van der Waals surface area contributed by atoms with Gasteiger partial charge in [-0.2, -0.15) is 5.26 Å². The van der Waals surface area contributed by atoms with E-state index in [1.807, 2.05) is 0 Å². The molecule has 0 saturated heterocycles. The Labute approximate surface area is 91.2 Å². The average molecular weight is 222 g/mol. The number of nitriles is 1. The van der Waals surface area contributed by atoms with Crippen molar-refractivity contribution in [2.75, 3.05) is 0 Å². The second kappa shape index (κ2) is 3.63. The Kier molecular flexibility index (Phi) is 2.45. The number of carbonyl (C=O) groups is 1. The molecular weight excluding hydrogens is 212 g/mol. The van der Waals surface area contributed by atoms with E-state index < -0.39 is 11.4 Å². The van der Waals surface area contributed by atoms with Gasteiger partial charge < -0.3 is 5.11 Å². The maximum atomic E-state index is 10.7. The summed E-state index contributed by atoms with van der Waals surface area (Å²) in [5.41, 5.74) is -0.463. The summed E-state index contributed by atoms with van der Waals surface area (Å²) in [7, 11) is 0. The van der Waals surface area contributed by atoms with Crippen molar-refractivity contribution in [2.45, 2.75) is 31.1 Å².